The monoisotopic (exact) mass is 618 g/mol. The lowest BCUT2D eigenvalue weighted by Crippen LogP contribution is -2.25. The molecule has 0 saturated heterocycles. The number of carbonyl (C=O) groups excluding carboxylic acids is 1. The Morgan fingerprint density at radius 2 is 1.86 bits per heavy atom. The topological polar surface area (TPSA) is 114 Å². The number of rotatable bonds is 7. The third-order valence-electron chi connectivity index (χ3n) is 7.82. The second-order valence-electron chi connectivity index (χ2n) is 10.5. The van der Waals surface area contributed by atoms with Gasteiger partial charge >= 0.3 is 0 Å². The van der Waals surface area contributed by atoms with Gasteiger partial charge in [-0.2, -0.15) is 0 Å². The van der Waals surface area contributed by atoms with Crippen LogP contribution in [-0.4, -0.2) is 46.8 Å². The van der Waals surface area contributed by atoms with E-state index in [0.29, 0.717) is 51.2 Å². The zero-order valence-corrected chi connectivity index (χ0v) is 25.1. The Labute approximate surface area is 252 Å². The van der Waals surface area contributed by atoms with Crippen LogP contribution in [0.15, 0.2) is 71.3 Å². The lowest BCUT2D eigenvalue weighted by Gasteiger charge is -2.22. The van der Waals surface area contributed by atoms with Crippen molar-refractivity contribution >= 4 is 38.3 Å². The minimum Gasteiger partial charge on any atom is -0.494 e. The van der Waals surface area contributed by atoms with Gasteiger partial charge in [0.15, 0.2) is 0 Å². The van der Waals surface area contributed by atoms with Crippen LogP contribution in [0.2, 0.25) is 0 Å². The van der Waals surface area contributed by atoms with Crippen molar-refractivity contribution in [1.29, 1.82) is 0 Å². The normalized spacial score (nSPS) is 14.3. The van der Waals surface area contributed by atoms with Gasteiger partial charge in [-0.3, -0.25) is 14.1 Å². The molecule has 0 spiro atoms. The fourth-order valence-corrected chi connectivity index (χ4v) is 6.00. The van der Waals surface area contributed by atoms with Crippen molar-refractivity contribution in [2.75, 3.05) is 37.1 Å². The Kier molecular flexibility index (Phi) is 7.24. The zero-order valence-electron chi connectivity index (χ0n) is 24.2. The molecule has 44 heavy (non-hydrogen) atoms. The molecule has 1 aliphatic heterocycles. The SMILES string of the molecule is CNC(=O)c1c(-c2ccc(F)cc2)oc2cc(N(C)S(C)(=O)=O)c(-c3cc(C4Cc5c(F)cccc5N4)ncc3OC)cc12. The van der Waals surface area contributed by atoms with Gasteiger partial charge in [0.25, 0.3) is 5.91 Å². The Bertz CT molecular complexity index is 2040. The van der Waals surface area contributed by atoms with Crippen molar-refractivity contribution in [2.45, 2.75) is 12.5 Å². The van der Waals surface area contributed by atoms with Crippen LogP contribution < -0.4 is 19.7 Å². The fourth-order valence-electron chi connectivity index (χ4n) is 5.49. The molecule has 0 bridgehead atoms. The van der Waals surface area contributed by atoms with E-state index in [1.54, 1.807) is 30.3 Å². The molecule has 1 amide bonds. The Morgan fingerprint density at radius 3 is 2.52 bits per heavy atom. The predicted octanol–water partition coefficient (Wildman–Crippen LogP) is 5.91. The van der Waals surface area contributed by atoms with E-state index in [1.807, 2.05) is 0 Å². The highest BCUT2D eigenvalue weighted by Crippen LogP contribution is 2.45. The molecule has 2 N–H and O–H groups in total. The lowest BCUT2D eigenvalue weighted by atomic mass is 9.96. The zero-order chi connectivity index (χ0) is 31.3. The van der Waals surface area contributed by atoms with E-state index < -0.39 is 21.7 Å². The average Bonchev–Trinajstić information content (AvgIpc) is 3.62. The number of nitrogens with zero attached hydrogens (tertiary/aromatic N) is 2. The lowest BCUT2D eigenvalue weighted by molar-refractivity contribution is 0.0964. The van der Waals surface area contributed by atoms with Crippen LogP contribution in [0.25, 0.3) is 33.4 Å². The summed E-state index contributed by atoms with van der Waals surface area (Å²) >= 11 is 0. The molecule has 1 atom stereocenters. The average molecular weight is 619 g/mol. The van der Waals surface area contributed by atoms with E-state index in [-0.39, 0.29) is 34.5 Å². The molecule has 0 saturated carbocycles. The number of anilines is 2. The number of methoxy groups -OCH3 is 1. The summed E-state index contributed by atoms with van der Waals surface area (Å²) in [6.45, 7) is 0. The van der Waals surface area contributed by atoms with Gasteiger partial charge in [0.2, 0.25) is 10.0 Å². The third kappa shape index (κ3) is 5.00. The first-order valence-electron chi connectivity index (χ1n) is 13.6. The highest BCUT2D eigenvalue weighted by atomic mass is 32.2. The van der Waals surface area contributed by atoms with Crippen molar-refractivity contribution in [2.24, 2.45) is 0 Å². The molecule has 0 radical (unpaired) electrons. The van der Waals surface area contributed by atoms with Gasteiger partial charge in [0, 0.05) is 59.9 Å². The number of furan rings is 1. The quantitative estimate of drug-likeness (QED) is 0.233. The number of carbonyl (C=O) groups is 1. The van der Waals surface area contributed by atoms with Gasteiger partial charge in [-0.25, -0.2) is 17.2 Å². The van der Waals surface area contributed by atoms with E-state index >= 15 is 0 Å². The number of sulfonamides is 1. The molecule has 0 fully saturated rings. The molecule has 2 aromatic heterocycles. The molecule has 12 heteroatoms. The summed E-state index contributed by atoms with van der Waals surface area (Å²) in [5, 5.41) is 6.34. The van der Waals surface area contributed by atoms with E-state index in [0.717, 1.165) is 10.6 Å². The minimum atomic E-state index is -3.76. The number of ether oxygens (including phenoxy) is 1. The van der Waals surface area contributed by atoms with Crippen molar-refractivity contribution in [3.63, 3.8) is 0 Å². The first kappa shape index (κ1) is 29.1. The van der Waals surface area contributed by atoms with Crippen LogP contribution in [-0.2, 0) is 16.4 Å². The van der Waals surface area contributed by atoms with Crippen molar-refractivity contribution in [1.82, 2.24) is 10.3 Å². The molecule has 226 valence electrons. The van der Waals surface area contributed by atoms with Gasteiger partial charge < -0.3 is 19.8 Å². The third-order valence-corrected chi connectivity index (χ3v) is 9.01. The Balaban J connectivity index is 1.60. The van der Waals surface area contributed by atoms with Crippen LogP contribution in [0, 0.1) is 11.6 Å². The molecular weight excluding hydrogens is 590 g/mol. The van der Waals surface area contributed by atoms with Crippen LogP contribution in [0.1, 0.15) is 27.7 Å². The molecule has 5 aromatic rings. The standard InChI is InChI=1S/C32H28F2N4O5S/c1-35-32(39)30-22-12-19(20-13-25(36-16-29(20)42-3)26-14-21-23(34)6-5-7-24(21)37-26)27(38(2)44(4,40)41)15-28(22)43-31(30)17-8-10-18(33)11-9-17/h5-13,15-16,26,37H,14H2,1-4H3,(H,35,39). The Morgan fingerprint density at radius 1 is 1.11 bits per heavy atom. The van der Waals surface area contributed by atoms with Crippen molar-refractivity contribution in [3.8, 4) is 28.2 Å². The number of fused-ring (bicyclic) bond motifs is 2. The van der Waals surface area contributed by atoms with E-state index in [9.17, 15) is 22.0 Å². The van der Waals surface area contributed by atoms with E-state index in [4.69, 9.17) is 9.15 Å². The summed E-state index contributed by atoms with van der Waals surface area (Å²) in [6.07, 6.45) is 2.96. The predicted molar refractivity (Wildman–Crippen MR) is 164 cm³/mol. The number of aromatic nitrogens is 1. The molecular formula is C32H28F2N4O5S. The highest BCUT2D eigenvalue weighted by Gasteiger charge is 2.29. The summed E-state index contributed by atoms with van der Waals surface area (Å²) in [4.78, 5) is 17.8. The van der Waals surface area contributed by atoms with Crippen LogP contribution >= 0.6 is 0 Å². The van der Waals surface area contributed by atoms with Gasteiger partial charge in [-0.1, -0.05) is 6.07 Å². The number of halogens is 2. The fraction of sp³-hybridized carbons (Fsp3) is 0.188. The highest BCUT2D eigenvalue weighted by molar-refractivity contribution is 7.92. The number of amides is 1. The smallest absolute Gasteiger partial charge is 0.255 e. The van der Waals surface area contributed by atoms with Crippen LogP contribution in [0.4, 0.5) is 20.2 Å². The summed E-state index contributed by atoms with van der Waals surface area (Å²) in [7, 11) is 0.603. The van der Waals surface area contributed by atoms with Gasteiger partial charge in [-0.15, -0.1) is 0 Å². The molecule has 6 rings (SSSR count). The second-order valence-corrected chi connectivity index (χ2v) is 12.5. The number of pyridine rings is 1. The molecule has 9 nitrogen and oxygen atoms in total. The number of hydrogen-bond donors (Lipinski definition) is 2. The Hall–Kier alpha value is -4.97. The number of hydrogen-bond acceptors (Lipinski definition) is 7. The second kappa shape index (κ2) is 10.9. The van der Waals surface area contributed by atoms with Crippen LogP contribution in [0.5, 0.6) is 5.75 Å². The maximum Gasteiger partial charge on any atom is 0.255 e. The van der Waals surface area contributed by atoms with Crippen molar-refractivity contribution in [3.05, 3.63) is 95.3 Å². The molecule has 3 heterocycles. The van der Waals surface area contributed by atoms with Gasteiger partial charge in [-0.05, 0) is 48.5 Å². The maximum absolute atomic E-state index is 14.5. The maximum atomic E-state index is 14.5. The first-order chi connectivity index (χ1) is 21.0. The minimum absolute atomic E-state index is 0.195. The van der Waals surface area contributed by atoms with Gasteiger partial charge in [0.1, 0.15) is 28.7 Å². The molecule has 3 aromatic carbocycles. The first-order valence-corrected chi connectivity index (χ1v) is 15.5. The molecule has 0 aliphatic carbocycles. The summed E-state index contributed by atoms with van der Waals surface area (Å²) in [5.41, 5.74) is 3.88. The van der Waals surface area contributed by atoms with Crippen molar-refractivity contribution < 1.29 is 31.1 Å². The van der Waals surface area contributed by atoms with E-state index in [2.05, 4.69) is 15.6 Å². The van der Waals surface area contributed by atoms with Crippen LogP contribution in [0.3, 0.4) is 0 Å². The molecule has 1 unspecified atom stereocenters. The largest absolute Gasteiger partial charge is 0.494 e. The number of nitrogens with one attached hydrogen (secondary N) is 2. The summed E-state index contributed by atoms with van der Waals surface area (Å²) < 4.78 is 66.8. The van der Waals surface area contributed by atoms with E-state index in [1.165, 1.54) is 57.7 Å². The van der Waals surface area contributed by atoms with Gasteiger partial charge in [0.05, 0.1) is 42.5 Å². The summed E-state index contributed by atoms with van der Waals surface area (Å²) in [5.74, 6) is -0.666. The summed E-state index contributed by atoms with van der Waals surface area (Å²) in [6, 6.07) is 15.0. The molecule has 1 aliphatic rings. The number of benzene rings is 3.